The number of hydrogen-bond donors (Lipinski definition) is 1. The van der Waals surface area contributed by atoms with Gasteiger partial charge in [0.2, 0.25) is 10.1 Å². The van der Waals surface area contributed by atoms with Crippen LogP contribution in [0, 0.1) is 0 Å². The number of benzene rings is 1. The zero-order valence-electron chi connectivity index (χ0n) is 11.7. The third-order valence-corrected chi connectivity index (χ3v) is 3.73. The van der Waals surface area contributed by atoms with E-state index in [1.54, 1.807) is 0 Å². The first-order chi connectivity index (χ1) is 11.6. The highest BCUT2D eigenvalue weighted by Gasteiger charge is 2.38. The van der Waals surface area contributed by atoms with Crippen LogP contribution in [0.2, 0.25) is 0 Å². The Kier molecular flexibility index (Phi) is 3.89. The van der Waals surface area contributed by atoms with Crippen molar-refractivity contribution < 1.29 is 31.1 Å². The first kappa shape index (κ1) is 17.1. The minimum atomic E-state index is -4.80. The molecule has 0 saturated carbocycles. The maximum absolute atomic E-state index is 12.7. The van der Waals surface area contributed by atoms with Crippen LogP contribution in [0.5, 0.6) is 0 Å². The minimum absolute atomic E-state index is 0.230. The summed E-state index contributed by atoms with van der Waals surface area (Å²) in [5.74, 6) is -2.33. The lowest BCUT2D eigenvalue weighted by atomic mass is 10.1. The van der Waals surface area contributed by atoms with E-state index >= 15 is 0 Å². The third-order valence-electron chi connectivity index (χ3n) is 2.92. The molecule has 0 aliphatic heterocycles. The molecule has 0 aliphatic rings. The molecule has 6 nitrogen and oxygen atoms in total. The fourth-order valence-electron chi connectivity index (χ4n) is 1.85. The van der Waals surface area contributed by atoms with E-state index in [0.29, 0.717) is 21.9 Å². The van der Waals surface area contributed by atoms with Gasteiger partial charge in [0.15, 0.2) is 0 Å². The lowest BCUT2D eigenvalue weighted by molar-refractivity contribution is -0.146. The Balaban J connectivity index is 1.87. The second-order valence-electron chi connectivity index (χ2n) is 4.66. The van der Waals surface area contributed by atoms with Crippen molar-refractivity contribution in [3.8, 4) is 0 Å². The Labute approximate surface area is 138 Å². The Bertz CT molecular complexity index is 944. The maximum atomic E-state index is 12.7. The van der Waals surface area contributed by atoms with Gasteiger partial charge >= 0.3 is 12.4 Å². The number of anilines is 1. The molecule has 0 atom stereocenters. The first-order valence-corrected chi connectivity index (χ1v) is 7.15. The summed E-state index contributed by atoms with van der Waals surface area (Å²) in [5.41, 5.74) is -1.35. The van der Waals surface area contributed by atoms with Gasteiger partial charge in [-0.05, 0) is 18.2 Å². The molecular formula is C12H5F6N5OS. The highest BCUT2D eigenvalue weighted by Crippen LogP contribution is 2.31. The van der Waals surface area contributed by atoms with Crippen LogP contribution >= 0.6 is 11.3 Å². The molecule has 0 fully saturated rings. The number of hydrogen-bond acceptors (Lipinski definition) is 5. The van der Waals surface area contributed by atoms with E-state index in [9.17, 15) is 31.1 Å². The van der Waals surface area contributed by atoms with Gasteiger partial charge in [0.25, 0.3) is 11.7 Å². The van der Waals surface area contributed by atoms with E-state index in [1.807, 2.05) is 0 Å². The van der Waals surface area contributed by atoms with E-state index in [2.05, 4.69) is 20.6 Å². The van der Waals surface area contributed by atoms with Gasteiger partial charge in [-0.25, -0.2) is 0 Å². The number of aromatic nitrogens is 4. The number of carbonyl (C=O) groups excluding carboxylic acids is 1. The largest absolute Gasteiger partial charge is 0.453 e. The Morgan fingerprint density at radius 1 is 1.08 bits per heavy atom. The van der Waals surface area contributed by atoms with E-state index < -0.39 is 29.6 Å². The fourth-order valence-corrected chi connectivity index (χ4v) is 2.58. The van der Waals surface area contributed by atoms with Gasteiger partial charge in [0, 0.05) is 5.56 Å². The summed E-state index contributed by atoms with van der Waals surface area (Å²) in [4.78, 5) is 11.8. The van der Waals surface area contributed by atoms with Crippen molar-refractivity contribution in [1.29, 1.82) is 0 Å². The van der Waals surface area contributed by atoms with Crippen molar-refractivity contribution in [3.63, 3.8) is 0 Å². The van der Waals surface area contributed by atoms with Crippen molar-refractivity contribution in [2.24, 2.45) is 0 Å². The second kappa shape index (κ2) is 5.68. The number of amides is 1. The topological polar surface area (TPSA) is 72.2 Å². The molecule has 13 heteroatoms. The predicted octanol–water partition coefficient (Wildman–Crippen LogP) is 3.48. The van der Waals surface area contributed by atoms with Gasteiger partial charge in [-0.15, -0.1) is 15.3 Å². The summed E-state index contributed by atoms with van der Waals surface area (Å²) < 4.78 is 76.4. The van der Waals surface area contributed by atoms with Gasteiger partial charge in [-0.3, -0.25) is 10.1 Å². The average Bonchev–Trinajstić information content (AvgIpc) is 3.05. The average molecular weight is 381 g/mol. The summed E-state index contributed by atoms with van der Waals surface area (Å²) in [6, 6.07) is 3.58. The number of nitrogens with zero attached hydrogens (tertiary/aromatic N) is 4. The highest BCUT2D eigenvalue weighted by molar-refractivity contribution is 7.20. The quantitative estimate of drug-likeness (QED) is 0.690. The van der Waals surface area contributed by atoms with Crippen LogP contribution in [0.1, 0.15) is 21.7 Å². The van der Waals surface area contributed by atoms with Crippen LogP contribution in [0.25, 0.3) is 4.96 Å². The van der Waals surface area contributed by atoms with Crippen LogP contribution in [-0.2, 0) is 12.4 Å². The van der Waals surface area contributed by atoms with Crippen LogP contribution in [-0.4, -0.2) is 25.7 Å². The molecule has 3 aromatic rings. The van der Waals surface area contributed by atoms with E-state index in [1.165, 1.54) is 0 Å². The van der Waals surface area contributed by atoms with Gasteiger partial charge in [0.05, 0.1) is 5.56 Å². The van der Waals surface area contributed by atoms with Crippen molar-refractivity contribution in [2.75, 3.05) is 5.32 Å². The van der Waals surface area contributed by atoms with Crippen LogP contribution in [0.15, 0.2) is 24.3 Å². The van der Waals surface area contributed by atoms with E-state index in [-0.39, 0.29) is 15.7 Å². The molecular weight excluding hydrogens is 376 g/mol. The van der Waals surface area contributed by atoms with Crippen molar-refractivity contribution >= 4 is 27.3 Å². The molecule has 2 aromatic heterocycles. The third kappa shape index (κ3) is 3.40. The lowest BCUT2D eigenvalue weighted by Gasteiger charge is -2.08. The van der Waals surface area contributed by atoms with Crippen LogP contribution in [0.4, 0.5) is 31.5 Å². The number of nitrogens with one attached hydrogen (secondary N) is 1. The van der Waals surface area contributed by atoms with Gasteiger partial charge in [0.1, 0.15) is 0 Å². The monoisotopic (exact) mass is 381 g/mol. The van der Waals surface area contributed by atoms with Crippen LogP contribution in [0.3, 0.4) is 0 Å². The Morgan fingerprint density at radius 2 is 1.80 bits per heavy atom. The van der Waals surface area contributed by atoms with Gasteiger partial charge < -0.3 is 0 Å². The normalized spacial score (nSPS) is 12.6. The summed E-state index contributed by atoms with van der Waals surface area (Å²) in [7, 11) is 0. The van der Waals surface area contributed by atoms with Crippen molar-refractivity contribution in [3.05, 3.63) is 41.2 Å². The molecule has 3 rings (SSSR count). The van der Waals surface area contributed by atoms with E-state index in [0.717, 1.165) is 18.2 Å². The predicted molar refractivity (Wildman–Crippen MR) is 73.1 cm³/mol. The standard InChI is InChI=1S/C12H5F6N5OS/c13-11(14,15)6-3-1-2-5(4-6)7(24)19-9-22-23-8(12(16,17)18)20-21-10(23)25-9/h1-4H,(H,19,22,24). The van der Waals surface area contributed by atoms with Gasteiger partial charge in [-0.1, -0.05) is 17.4 Å². The number of carbonyl (C=O) groups is 1. The maximum Gasteiger partial charge on any atom is 0.453 e. The molecule has 0 unspecified atom stereocenters. The molecule has 25 heavy (non-hydrogen) atoms. The Hall–Kier alpha value is -2.70. The molecule has 0 saturated heterocycles. The number of halogens is 6. The molecule has 132 valence electrons. The summed E-state index contributed by atoms with van der Waals surface area (Å²) >= 11 is 0.591. The second-order valence-corrected chi connectivity index (χ2v) is 5.61. The van der Waals surface area contributed by atoms with Crippen molar-refractivity contribution in [1.82, 2.24) is 19.8 Å². The molecule has 1 aromatic carbocycles. The molecule has 1 amide bonds. The molecule has 0 aliphatic carbocycles. The minimum Gasteiger partial charge on any atom is -0.296 e. The molecule has 2 heterocycles. The SMILES string of the molecule is O=C(Nc1nn2c(C(F)(F)F)nnc2s1)c1cccc(C(F)(F)F)c1. The summed E-state index contributed by atoms with van der Waals surface area (Å²) in [6.07, 6.45) is -9.43. The molecule has 0 bridgehead atoms. The number of rotatable bonds is 2. The Morgan fingerprint density at radius 3 is 2.44 bits per heavy atom. The molecule has 0 radical (unpaired) electrons. The van der Waals surface area contributed by atoms with E-state index in [4.69, 9.17) is 0 Å². The van der Waals surface area contributed by atoms with Crippen molar-refractivity contribution in [2.45, 2.75) is 12.4 Å². The summed E-state index contributed by atoms with van der Waals surface area (Å²) in [6.45, 7) is 0. The van der Waals surface area contributed by atoms with Gasteiger partial charge in [-0.2, -0.15) is 30.9 Å². The number of alkyl halides is 6. The summed E-state index contributed by atoms with van der Waals surface area (Å²) in [5, 5.41) is 11.6. The zero-order valence-corrected chi connectivity index (χ0v) is 12.5. The lowest BCUT2D eigenvalue weighted by Crippen LogP contribution is -2.15. The zero-order chi connectivity index (χ0) is 18.4. The molecule has 1 N–H and O–H groups in total. The fraction of sp³-hybridized carbons (Fsp3) is 0.167. The molecule has 0 spiro atoms. The smallest absolute Gasteiger partial charge is 0.296 e. The highest BCUT2D eigenvalue weighted by atomic mass is 32.1. The number of fused-ring (bicyclic) bond motifs is 1. The first-order valence-electron chi connectivity index (χ1n) is 6.34. The van der Waals surface area contributed by atoms with Crippen LogP contribution < -0.4 is 5.32 Å².